The van der Waals surface area contributed by atoms with E-state index in [2.05, 4.69) is 10.3 Å². The highest BCUT2D eigenvalue weighted by atomic mass is 16.5. The number of carbonyl (C=O) groups excluding carboxylic acids is 2. The number of nitrogens with one attached hydrogen (secondary N) is 1. The van der Waals surface area contributed by atoms with E-state index in [4.69, 9.17) is 9.84 Å². The van der Waals surface area contributed by atoms with Crippen LogP contribution in [0.4, 0.5) is 5.69 Å². The number of nitrogens with zero attached hydrogens (tertiary/aromatic N) is 3. The minimum Gasteiger partial charge on any atom is -0.466 e. The van der Waals surface area contributed by atoms with Gasteiger partial charge in [-0.25, -0.2) is 9.78 Å². The number of hydrogen-bond donors (Lipinski definition) is 2. The quantitative estimate of drug-likeness (QED) is 0.742. The van der Waals surface area contributed by atoms with Crippen molar-refractivity contribution in [2.45, 2.75) is 0 Å². The molecule has 8 nitrogen and oxygen atoms in total. The largest absolute Gasteiger partial charge is 0.466 e. The van der Waals surface area contributed by atoms with E-state index in [1.165, 1.54) is 12.0 Å². The highest BCUT2D eigenvalue weighted by molar-refractivity contribution is 6.08. The van der Waals surface area contributed by atoms with Gasteiger partial charge in [0.25, 0.3) is 5.91 Å². The Balaban J connectivity index is 1.84. The number of hydrogen-bond acceptors (Lipinski definition) is 6. The van der Waals surface area contributed by atoms with Crippen molar-refractivity contribution in [3.63, 3.8) is 0 Å². The van der Waals surface area contributed by atoms with E-state index < -0.39 is 5.97 Å². The molecule has 1 aliphatic heterocycles. The number of carbonyl (C=O) groups is 2. The molecule has 0 fully saturated rings. The van der Waals surface area contributed by atoms with Crippen molar-refractivity contribution in [2.75, 3.05) is 32.1 Å². The Kier molecular flexibility index (Phi) is 5.04. The van der Waals surface area contributed by atoms with Gasteiger partial charge < -0.3 is 24.6 Å². The molecule has 1 aromatic heterocycles. The lowest BCUT2D eigenvalue weighted by Crippen LogP contribution is -2.31. The van der Waals surface area contributed by atoms with Crippen molar-refractivity contribution in [1.29, 1.82) is 0 Å². The SMILES string of the molecule is COC(=O)C1=C(Nc2ccc(-c3cncn3C)cc2)C(=O)N(CCO)C1. The number of aliphatic hydroxyl groups is 1. The number of rotatable bonds is 6. The number of β-amino-alcohol motifs (C(OH)–C–C–N with tert-alkyl or cyclic N) is 1. The molecule has 0 aliphatic carbocycles. The smallest absolute Gasteiger partial charge is 0.337 e. The Hall–Kier alpha value is -3.13. The summed E-state index contributed by atoms with van der Waals surface area (Å²) in [6.45, 7) is 0.0955. The first-order valence-electron chi connectivity index (χ1n) is 8.10. The molecule has 3 rings (SSSR count). The van der Waals surface area contributed by atoms with Crippen LogP contribution in [-0.4, -0.2) is 58.2 Å². The molecule has 2 heterocycles. The number of benzene rings is 1. The number of anilines is 1. The summed E-state index contributed by atoms with van der Waals surface area (Å²) < 4.78 is 6.68. The van der Waals surface area contributed by atoms with Gasteiger partial charge in [0.1, 0.15) is 5.70 Å². The standard InChI is InChI=1S/C18H20N4O4/c1-21-11-19-9-15(21)12-3-5-13(6-4-12)20-16-14(18(25)26-2)10-22(7-8-23)17(16)24/h3-6,9,11,20,23H,7-8,10H2,1-2H3. The minimum atomic E-state index is -0.562. The van der Waals surface area contributed by atoms with Crippen LogP contribution in [0, 0.1) is 0 Å². The lowest BCUT2D eigenvalue weighted by Gasteiger charge is -2.15. The van der Waals surface area contributed by atoms with Gasteiger partial charge in [-0.3, -0.25) is 4.79 Å². The van der Waals surface area contributed by atoms with Gasteiger partial charge in [0.05, 0.1) is 44.1 Å². The van der Waals surface area contributed by atoms with Gasteiger partial charge in [-0.1, -0.05) is 12.1 Å². The van der Waals surface area contributed by atoms with E-state index in [0.29, 0.717) is 5.69 Å². The van der Waals surface area contributed by atoms with Gasteiger partial charge in [0.2, 0.25) is 0 Å². The first-order chi connectivity index (χ1) is 12.5. The van der Waals surface area contributed by atoms with Crippen LogP contribution >= 0.6 is 0 Å². The number of amides is 1. The maximum absolute atomic E-state index is 12.5. The van der Waals surface area contributed by atoms with Crippen LogP contribution in [0.5, 0.6) is 0 Å². The van der Waals surface area contributed by atoms with Gasteiger partial charge >= 0.3 is 5.97 Å². The summed E-state index contributed by atoms with van der Waals surface area (Å²) in [7, 11) is 3.18. The molecule has 136 valence electrons. The average molecular weight is 356 g/mol. The topological polar surface area (TPSA) is 96.7 Å². The highest BCUT2D eigenvalue weighted by Crippen LogP contribution is 2.25. The monoisotopic (exact) mass is 356 g/mol. The Bertz CT molecular complexity index is 854. The molecule has 8 heteroatoms. The number of esters is 1. The van der Waals surface area contributed by atoms with E-state index in [9.17, 15) is 9.59 Å². The van der Waals surface area contributed by atoms with Crippen LogP contribution < -0.4 is 5.32 Å². The second kappa shape index (κ2) is 7.40. The Labute approximate surface area is 150 Å². The summed E-state index contributed by atoms with van der Waals surface area (Å²) in [4.78, 5) is 30.0. The predicted molar refractivity (Wildman–Crippen MR) is 95.0 cm³/mol. The molecule has 0 atom stereocenters. The summed E-state index contributed by atoms with van der Waals surface area (Å²) in [5, 5.41) is 12.1. The number of imidazole rings is 1. The number of aliphatic hydroxyl groups excluding tert-OH is 1. The molecule has 0 saturated carbocycles. The first-order valence-corrected chi connectivity index (χ1v) is 8.10. The molecule has 0 spiro atoms. The van der Waals surface area contributed by atoms with Crippen molar-refractivity contribution >= 4 is 17.6 Å². The third kappa shape index (κ3) is 3.31. The molecule has 26 heavy (non-hydrogen) atoms. The van der Waals surface area contributed by atoms with Crippen molar-refractivity contribution < 1.29 is 19.4 Å². The van der Waals surface area contributed by atoms with E-state index in [1.54, 1.807) is 12.5 Å². The molecule has 0 saturated heterocycles. The van der Waals surface area contributed by atoms with Crippen LogP contribution in [0.15, 0.2) is 48.1 Å². The maximum atomic E-state index is 12.5. The fraction of sp³-hybridized carbons (Fsp3) is 0.278. The summed E-state index contributed by atoms with van der Waals surface area (Å²) >= 11 is 0. The Morgan fingerprint density at radius 2 is 2.08 bits per heavy atom. The Morgan fingerprint density at radius 3 is 2.65 bits per heavy atom. The number of aromatic nitrogens is 2. The summed E-state index contributed by atoms with van der Waals surface area (Å²) in [6.07, 6.45) is 3.50. The molecule has 1 amide bonds. The van der Waals surface area contributed by atoms with Crippen molar-refractivity contribution in [3.8, 4) is 11.3 Å². The zero-order chi connectivity index (χ0) is 18.7. The Morgan fingerprint density at radius 1 is 1.35 bits per heavy atom. The molecule has 1 aromatic carbocycles. The molecule has 0 radical (unpaired) electrons. The van der Waals surface area contributed by atoms with Gasteiger partial charge in [-0.15, -0.1) is 0 Å². The number of methoxy groups -OCH3 is 1. The molecular weight excluding hydrogens is 336 g/mol. The van der Waals surface area contributed by atoms with Crippen LogP contribution in [0.1, 0.15) is 0 Å². The van der Waals surface area contributed by atoms with Crippen molar-refractivity contribution in [3.05, 3.63) is 48.1 Å². The fourth-order valence-corrected chi connectivity index (χ4v) is 2.85. The van der Waals surface area contributed by atoms with E-state index in [-0.39, 0.29) is 36.9 Å². The van der Waals surface area contributed by atoms with Gasteiger partial charge in [0, 0.05) is 19.3 Å². The summed E-state index contributed by atoms with van der Waals surface area (Å²) in [5.74, 6) is -0.900. The molecule has 0 bridgehead atoms. The lowest BCUT2D eigenvalue weighted by molar-refractivity contribution is -0.136. The lowest BCUT2D eigenvalue weighted by atomic mass is 10.1. The van der Waals surface area contributed by atoms with Gasteiger partial charge in [-0.2, -0.15) is 0 Å². The molecule has 2 N–H and O–H groups in total. The maximum Gasteiger partial charge on any atom is 0.337 e. The zero-order valence-electron chi connectivity index (χ0n) is 14.6. The summed E-state index contributed by atoms with van der Waals surface area (Å²) in [6, 6.07) is 7.46. The van der Waals surface area contributed by atoms with E-state index in [1.807, 2.05) is 35.9 Å². The average Bonchev–Trinajstić information content (AvgIpc) is 3.20. The van der Waals surface area contributed by atoms with E-state index >= 15 is 0 Å². The number of aryl methyl sites for hydroxylation is 1. The molecule has 1 aliphatic rings. The number of ether oxygens (including phenoxy) is 1. The van der Waals surface area contributed by atoms with Crippen LogP contribution in [-0.2, 0) is 21.4 Å². The fourth-order valence-electron chi connectivity index (χ4n) is 2.85. The molecule has 2 aromatic rings. The van der Waals surface area contributed by atoms with E-state index in [0.717, 1.165) is 11.3 Å². The van der Waals surface area contributed by atoms with Crippen molar-refractivity contribution in [2.24, 2.45) is 7.05 Å². The van der Waals surface area contributed by atoms with Crippen LogP contribution in [0.3, 0.4) is 0 Å². The second-order valence-corrected chi connectivity index (χ2v) is 5.89. The second-order valence-electron chi connectivity index (χ2n) is 5.89. The third-order valence-electron chi connectivity index (χ3n) is 4.22. The van der Waals surface area contributed by atoms with Gasteiger partial charge in [0.15, 0.2) is 0 Å². The van der Waals surface area contributed by atoms with Crippen LogP contribution in [0.2, 0.25) is 0 Å². The predicted octanol–water partition coefficient (Wildman–Crippen LogP) is 0.761. The van der Waals surface area contributed by atoms with Gasteiger partial charge in [-0.05, 0) is 17.7 Å². The first kappa shape index (κ1) is 17.7. The van der Waals surface area contributed by atoms with Crippen LogP contribution in [0.25, 0.3) is 11.3 Å². The molecular formula is C18H20N4O4. The van der Waals surface area contributed by atoms with Crippen molar-refractivity contribution in [1.82, 2.24) is 14.5 Å². The normalized spacial score (nSPS) is 14.1. The summed E-state index contributed by atoms with van der Waals surface area (Å²) in [5.41, 5.74) is 3.06. The molecule has 0 unspecified atom stereocenters. The third-order valence-corrected chi connectivity index (χ3v) is 4.22. The highest BCUT2D eigenvalue weighted by Gasteiger charge is 2.34. The minimum absolute atomic E-state index is 0.113. The zero-order valence-corrected chi connectivity index (χ0v) is 14.6.